The van der Waals surface area contributed by atoms with E-state index in [0.717, 1.165) is 29.4 Å². The van der Waals surface area contributed by atoms with E-state index in [1.54, 1.807) is 42.5 Å². The zero-order valence-electron chi connectivity index (χ0n) is 20.4. The van der Waals surface area contributed by atoms with Crippen LogP contribution >= 0.6 is 23.2 Å². The van der Waals surface area contributed by atoms with E-state index < -0.39 is 23.2 Å². The summed E-state index contributed by atoms with van der Waals surface area (Å²) in [6.07, 6.45) is 3.21. The number of halogens is 3. The minimum Gasteiger partial charge on any atom is -0.480 e. The fourth-order valence-electron chi connectivity index (χ4n) is 5.31. The quantitative estimate of drug-likeness (QED) is 0.260. The molecule has 1 atom stereocenters. The van der Waals surface area contributed by atoms with Crippen LogP contribution < -0.4 is 5.32 Å². The van der Waals surface area contributed by atoms with Gasteiger partial charge in [-0.25, -0.2) is 14.2 Å². The molecule has 1 saturated carbocycles. The molecule has 1 amide bonds. The number of benzene rings is 3. The standard InChI is InChI=1S/C30H25Cl2FN2O3/c31-21-10-8-20(9-11-21)30(14-1-2-15-30)29(38)35-26(28(36)37)17-18-6-12-24-19(16-18)7-13-25(34-24)27-22(32)4-3-5-23(27)33/h3-13,16,26H,1-2,14-15,17H2,(H,35,38)(H,36,37). The maximum absolute atomic E-state index is 14.4. The van der Waals surface area contributed by atoms with Gasteiger partial charge in [-0.05, 0) is 66.4 Å². The summed E-state index contributed by atoms with van der Waals surface area (Å²) in [4.78, 5) is 30.3. The molecule has 0 saturated heterocycles. The number of pyridine rings is 1. The van der Waals surface area contributed by atoms with E-state index in [1.165, 1.54) is 12.1 Å². The number of carbonyl (C=O) groups is 2. The maximum atomic E-state index is 14.4. The van der Waals surface area contributed by atoms with Crippen LogP contribution in [-0.2, 0) is 21.4 Å². The van der Waals surface area contributed by atoms with Crippen LogP contribution in [0.3, 0.4) is 0 Å². The fourth-order valence-corrected chi connectivity index (χ4v) is 5.70. The first-order valence-electron chi connectivity index (χ1n) is 12.4. The van der Waals surface area contributed by atoms with Crippen LogP contribution in [0.15, 0.2) is 72.8 Å². The first kappa shape index (κ1) is 26.1. The number of hydrogen-bond acceptors (Lipinski definition) is 3. The minimum absolute atomic E-state index is 0.106. The van der Waals surface area contributed by atoms with E-state index in [2.05, 4.69) is 10.3 Å². The maximum Gasteiger partial charge on any atom is 0.326 e. The van der Waals surface area contributed by atoms with Crippen molar-refractivity contribution in [2.75, 3.05) is 0 Å². The molecule has 1 unspecified atom stereocenters. The molecule has 8 heteroatoms. The molecule has 5 rings (SSSR count). The van der Waals surface area contributed by atoms with E-state index in [1.807, 2.05) is 18.2 Å². The Balaban J connectivity index is 1.38. The van der Waals surface area contributed by atoms with Crippen LogP contribution in [0.1, 0.15) is 36.8 Å². The third kappa shape index (κ3) is 5.11. The topological polar surface area (TPSA) is 79.3 Å². The van der Waals surface area contributed by atoms with Crippen molar-refractivity contribution in [3.8, 4) is 11.3 Å². The van der Waals surface area contributed by atoms with Gasteiger partial charge in [0.05, 0.1) is 27.2 Å². The lowest BCUT2D eigenvalue weighted by Gasteiger charge is -2.30. The minimum atomic E-state index is -1.11. The fraction of sp³-hybridized carbons (Fsp3) is 0.233. The highest BCUT2D eigenvalue weighted by atomic mass is 35.5. The monoisotopic (exact) mass is 550 g/mol. The zero-order chi connectivity index (χ0) is 26.9. The molecular weight excluding hydrogens is 526 g/mol. The van der Waals surface area contributed by atoms with Crippen molar-refractivity contribution in [3.05, 3.63) is 99.8 Å². The number of rotatable bonds is 7. The zero-order valence-corrected chi connectivity index (χ0v) is 21.9. The number of carboxylic acids is 1. The van der Waals surface area contributed by atoms with Gasteiger partial charge in [0.2, 0.25) is 5.91 Å². The van der Waals surface area contributed by atoms with Gasteiger partial charge >= 0.3 is 5.97 Å². The lowest BCUT2D eigenvalue weighted by Crippen LogP contribution is -2.50. The van der Waals surface area contributed by atoms with E-state index in [-0.39, 0.29) is 22.9 Å². The van der Waals surface area contributed by atoms with E-state index in [4.69, 9.17) is 23.2 Å². The molecule has 0 bridgehead atoms. The first-order chi connectivity index (χ1) is 18.3. The van der Waals surface area contributed by atoms with Gasteiger partial charge in [0, 0.05) is 16.8 Å². The lowest BCUT2D eigenvalue weighted by molar-refractivity contribution is -0.142. The van der Waals surface area contributed by atoms with Gasteiger partial charge in [-0.2, -0.15) is 0 Å². The predicted molar refractivity (Wildman–Crippen MR) is 147 cm³/mol. The number of nitrogens with one attached hydrogen (secondary N) is 1. The third-order valence-corrected chi connectivity index (χ3v) is 7.87. The number of nitrogens with zero attached hydrogens (tertiary/aromatic N) is 1. The molecule has 1 heterocycles. The Hall–Kier alpha value is -3.48. The van der Waals surface area contributed by atoms with Gasteiger partial charge in [-0.15, -0.1) is 0 Å². The van der Waals surface area contributed by atoms with Gasteiger partial charge in [0.15, 0.2) is 0 Å². The summed E-state index contributed by atoms with van der Waals surface area (Å²) in [7, 11) is 0. The highest BCUT2D eigenvalue weighted by Crippen LogP contribution is 2.42. The number of carboxylic acid groups (broad SMARTS) is 1. The number of aromatic nitrogens is 1. The molecule has 3 aromatic carbocycles. The van der Waals surface area contributed by atoms with E-state index in [9.17, 15) is 19.1 Å². The largest absolute Gasteiger partial charge is 0.480 e. The second kappa shape index (κ2) is 10.7. The summed E-state index contributed by atoms with van der Waals surface area (Å²) in [5, 5.41) is 14.4. The molecule has 2 N–H and O–H groups in total. The van der Waals surface area contributed by atoms with Crippen molar-refractivity contribution in [2.45, 2.75) is 43.6 Å². The van der Waals surface area contributed by atoms with Crippen LogP contribution in [0, 0.1) is 5.82 Å². The molecule has 5 nitrogen and oxygen atoms in total. The molecule has 194 valence electrons. The molecule has 38 heavy (non-hydrogen) atoms. The predicted octanol–water partition coefficient (Wildman–Crippen LogP) is 6.97. The van der Waals surface area contributed by atoms with Crippen molar-refractivity contribution < 1.29 is 19.1 Å². The number of amides is 1. The second-order valence-electron chi connectivity index (χ2n) is 9.68. The summed E-state index contributed by atoms with van der Waals surface area (Å²) in [5.74, 6) is -1.84. The Morgan fingerprint density at radius 1 is 1.00 bits per heavy atom. The average molecular weight is 551 g/mol. The van der Waals surface area contributed by atoms with Crippen LogP contribution in [0.2, 0.25) is 10.0 Å². The van der Waals surface area contributed by atoms with E-state index >= 15 is 0 Å². The van der Waals surface area contributed by atoms with Crippen molar-refractivity contribution >= 4 is 46.0 Å². The molecule has 0 spiro atoms. The number of hydrogen-bond donors (Lipinski definition) is 2. The molecule has 1 aromatic heterocycles. The molecular formula is C30H25Cl2FN2O3. The Morgan fingerprint density at radius 3 is 2.42 bits per heavy atom. The summed E-state index contributed by atoms with van der Waals surface area (Å²) >= 11 is 12.2. The van der Waals surface area contributed by atoms with Crippen molar-refractivity contribution in [1.29, 1.82) is 0 Å². The smallest absolute Gasteiger partial charge is 0.326 e. The second-order valence-corrected chi connectivity index (χ2v) is 10.5. The Labute approximate surface area is 229 Å². The molecule has 1 aliphatic rings. The Kier molecular flexibility index (Phi) is 7.37. The van der Waals surface area contributed by atoms with Gasteiger partial charge in [0.25, 0.3) is 0 Å². The molecule has 0 aliphatic heterocycles. The van der Waals surface area contributed by atoms with Gasteiger partial charge in [0.1, 0.15) is 11.9 Å². The Bertz CT molecular complexity index is 1500. The summed E-state index contributed by atoms with van der Waals surface area (Å²) in [6.45, 7) is 0. The van der Waals surface area contributed by atoms with Gasteiger partial charge < -0.3 is 10.4 Å². The molecule has 1 aliphatic carbocycles. The van der Waals surface area contributed by atoms with E-state index in [0.29, 0.717) is 29.1 Å². The van der Waals surface area contributed by atoms with Gasteiger partial charge in [-0.3, -0.25) is 4.79 Å². The highest BCUT2D eigenvalue weighted by molar-refractivity contribution is 6.33. The highest BCUT2D eigenvalue weighted by Gasteiger charge is 2.43. The summed E-state index contributed by atoms with van der Waals surface area (Å²) in [6, 6.07) is 19.4. The SMILES string of the molecule is O=C(O)C(Cc1ccc2nc(-c3c(F)cccc3Cl)ccc2c1)NC(=O)C1(c2ccc(Cl)cc2)CCCC1. The van der Waals surface area contributed by atoms with Crippen molar-refractivity contribution in [3.63, 3.8) is 0 Å². The van der Waals surface area contributed by atoms with Crippen LogP contribution in [0.4, 0.5) is 4.39 Å². The molecule has 1 fully saturated rings. The molecule has 0 radical (unpaired) electrons. The van der Waals surface area contributed by atoms with Crippen molar-refractivity contribution in [1.82, 2.24) is 10.3 Å². The number of fused-ring (bicyclic) bond motifs is 1. The normalized spacial score (nSPS) is 15.3. The van der Waals surface area contributed by atoms with Crippen molar-refractivity contribution in [2.24, 2.45) is 0 Å². The number of aliphatic carboxylic acids is 1. The third-order valence-electron chi connectivity index (χ3n) is 7.30. The van der Waals surface area contributed by atoms with Crippen LogP contribution in [0.5, 0.6) is 0 Å². The summed E-state index contributed by atoms with van der Waals surface area (Å²) < 4.78 is 14.4. The number of carbonyl (C=O) groups excluding carboxylic acids is 1. The summed E-state index contributed by atoms with van der Waals surface area (Å²) in [5.41, 5.74) is 2.08. The van der Waals surface area contributed by atoms with Crippen LogP contribution in [-0.4, -0.2) is 28.0 Å². The van der Waals surface area contributed by atoms with Gasteiger partial charge in [-0.1, -0.05) is 66.4 Å². The average Bonchev–Trinajstić information content (AvgIpc) is 3.40. The first-order valence-corrected chi connectivity index (χ1v) is 13.2. The Morgan fingerprint density at radius 2 is 1.74 bits per heavy atom. The molecule has 4 aromatic rings. The van der Waals surface area contributed by atoms with Crippen LogP contribution in [0.25, 0.3) is 22.2 Å². The lowest BCUT2D eigenvalue weighted by atomic mass is 9.77.